The third-order valence-corrected chi connectivity index (χ3v) is 4.03. The summed E-state index contributed by atoms with van der Waals surface area (Å²) in [6, 6.07) is 9.16. The summed E-state index contributed by atoms with van der Waals surface area (Å²) in [6.07, 6.45) is 3.63. The van der Waals surface area contributed by atoms with Crippen LogP contribution in [-0.2, 0) is 0 Å². The second kappa shape index (κ2) is 10.0. The highest BCUT2D eigenvalue weighted by atomic mass is 127. The van der Waals surface area contributed by atoms with E-state index in [1.165, 1.54) is 24.0 Å². The van der Waals surface area contributed by atoms with Crippen LogP contribution in [0, 0.1) is 6.92 Å². The molecule has 22 heavy (non-hydrogen) atoms. The average molecular weight is 416 g/mol. The van der Waals surface area contributed by atoms with Gasteiger partial charge in [-0.3, -0.25) is 9.89 Å². The van der Waals surface area contributed by atoms with Gasteiger partial charge in [-0.05, 0) is 44.8 Å². The summed E-state index contributed by atoms with van der Waals surface area (Å²) in [6.45, 7) is 8.19. The molecule has 1 aromatic rings. The molecule has 1 aliphatic rings. The van der Waals surface area contributed by atoms with Crippen molar-refractivity contribution in [2.45, 2.75) is 39.2 Å². The van der Waals surface area contributed by atoms with Gasteiger partial charge in [-0.15, -0.1) is 24.0 Å². The summed E-state index contributed by atoms with van der Waals surface area (Å²) in [5.74, 6) is 0.563. The smallest absolute Gasteiger partial charge is 0.188 e. The van der Waals surface area contributed by atoms with Crippen molar-refractivity contribution in [1.29, 1.82) is 0 Å². The number of hydrogen-bond acceptors (Lipinski definition) is 2. The van der Waals surface area contributed by atoms with Crippen molar-refractivity contribution in [2.24, 2.45) is 10.7 Å². The van der Waals surface area contributed by atoms with Gasteiger partial charge in [-0.1, -0.05) is 36.8 Å². The molecule has 0 aromatic heterocycles. The van der Waals surface area contributed by atoms with Gasteiger partial charge in [0.05, 0.1) is 12.6 Å². The van der Waals surface area contributed by atoms with E-state index in [2.05, 4.69) is 53.3 Å². The number of rotatable bonds is 6. The lowest BCUT2D eigenvalue weighted by molar-refractivity contribution is 0.251. The van der Waals surface area contributed by atoms with Gasteiger partial charge in [0, 0.05) is 6.54 Å². The molecular weight excluding hydrogens is 387 g/mol. The quantitative estimate of drug-likeness (QED) is 0.426. The number of aryl methyl sites for hydroxylation is 1. The first-order chi connectivity index (χ1) is 10.2. The van der Waals surface area contributed by atoms with Crippen LogP contribution in [0.25, 0.3) is 0 Å². The fourth-order valence-electron chi connectivity index (χ4n) is 2.77. The summed E-state index contributed by atoms with van der Waals surface area (Å²) in [4.78, 5) is 7.08. The monoisotopic (exact) mass is 416 g/mol. The third-order valence-electron chi connectivity index (χ3n) is 4.03. The van der Waals surface area contributed by atoms with Crippen molar-refractivity contribution < 1.29 is 0 Å². The van der Waals surface area contributed by atoms with Gasteiger partial charge >= 0.3 is 0 Å². The molecule has 0 saturated carbocycles. The first kappa shape index (κ1) is 19.2. The Morgan fingerprint density at radius 3 is 2.50 bits per heavy atom. The number of guanidine groups is 1. The second-order valence-electron chi connectivity index (χ2n) is 5.82. The largest absolute Gasteiger partial charge is 0.370 e. The van der Waals surface area contributed by atoms with Gasteiger partial charge in [-0.2, -0.15) is 0 Å². The Labute approximate surface area is 151 Å². The van der Waals surface area contributed by atoms with Gasteiger partial charge in [0.2, 0.25) is 0 Å². The van der Waals surface area contributed by atoms with E-state index in [1.54, 1.807) is 0 Å². The molecule has 1 aliphatic heterocycles. The number of nitrogens with two attached hydrogens (primary N) is 1. The predicted octanol–water partition coefficient (Wildman–Crippen LogP) is 3.06. The number of nitrogens with zero attached hydrogens (tertiary/aromatic N) is 2. The lowest BCUT2D eigenvalue weighted by Gasteiger charge is -2.26. The number of hydrogen-bond donors (Lipinski definition) is 2. The third kappa shape index (κ3) is 5.76. The fourth-order valence-corrected chi connectivity index (χ4v) is 2.77. The average Bonchev–Trinajstić information content (AvgIpc) is 3.01. The van der Waals surface area contributed by atoms with Crippen LogP contribution in [-0.4, -0.2) is 37.0 Å². The molecule has 1 unspecified atom stereocenters. The van der Waals surface area contributed by atoms with E-state index in [0.29, 0.717) is 12.0 Å². The van der Waals surface area contributed by atoms with E-state index in [4.69, 9.17) is 5.73 Å². The predicted molar refractivity (Wildman–Crippen MR) is 105 cm³/mol. The van der Waals surface area contributed by atoms with Crippen LogP contribution in [0.4, 0.5) is 0 Å². The van der Waals surface area contributed by atoms with Gasteiger partial charge in [-0.25, -0.2) is 0 Å². The molecular formula is C17H29IN4. The van der Waals surface area contributed by atoms with Crippen LogP contribution in [0.2, 0.25) is 0 Å². The highest BCUT2D eigenvalue weighted by Crippen LogP contribution is 2.25. The van der Waals surface area contributed by atoms with Crippen LogP contribution >= 0.6 is 24.0 Å². The number of aliphatic imine (C=N–C) groups is 1. The molecule has 1 aromatic carbocycles. The van der Waals surface area contributed by atoms with Crippen molar-refractivity contribution >= 4 is 29.9 Å². The molecule has 0 spiro atoms. The van der Waals surface area contributed by atoms with Crippen LogP contribution in [0.3, 0.4) is 0 Å². The minimum Gasteiger partial charge on any atom is -0.370 e. The minimum atomic E-state index is 0. The van der Waals surface area contributed by atoms with Crippen LogP contribution in [0.15, 0.2) is 29.3 Å². The van der Waals surface area contributed by atoms with E-state index < -0.39 is 0 Å². The highest BCUT2D eigenvalue weighted by molar-refractivity contribution is 14.0. The second-order valence-corrected chi connectivity index (χ2v) is 5.82. The number of halogens is 1. The molecule has 0 radical (unpaired) electrons. The topological polar surface area (TPSA) is 53.6 Å². The summed E-state index contributed by atoms with van der Waals surface area (Å²) in [5.41, 5.74) is 8.57. The summed E-state index contributed by atoms with van der Waals surface area (Å²) < 4.78 is 0. The van der Waals surface area contributed by atoms with E-state index in [1.807, 2.05) is 0 Å². The number of likely N-dealkylation sites (tertiary alicyclic amines) is 1. The van der Waals surface area contributed by atoms with E-state index in [9.17, 15) is 0 Å². The molecule has 0 aliphatic carbocycles. The maximum atomic E-state index is 5.93. The van der Waals surface area contributed by atoms with E-state index >= 15 is 0 Å². The molecule has 1 fully saturated rings. The molecule has 2 rings (SSSR count). The van der Waals surface area contributed by atoms with Gasteiger partial charge in [0.15, 0.2) is 5.96 Å². The molecule has 3 N–H and O–H groups in total. The van der Waals surface area contributed by atoms with Crippen molar-refractivity contribution in [3.05, 3.63) is 35.4 Å². The van der Waals surface area contributed by atoms with Crippen LogP contribution < -0.4 is 11.1 Å². The van der Waals surface area contributed by atoms with Crippen molar-refractivity contribution in [3.63, 3.8) is 0 Å². The summed E-state index contributed by atoms with van der Waals surface area (Å²) in [5, 5.41) is 3.15. The maximum Gasteiger partial charge on any atom is 0.188 e. The Morgan fingerprint density at radius 1 is 1.27 bits per heavy atom. The lowest BCUT2D eigenvalue weighted by atomic mass is 10.0. The highest BCUT2D eigenvalue weighted by Gasteiger charge is 2.23. The van der Waals surface area contributed by atoms with Gasteiger partial charge in [0.1, 0.15) is 0 Å². The normalized spacial score (nSPS) is 17.1. The SMILES string of the molecule is CCCNC(N)=NCC(c1ccc(C)cc1)N1CCCC1.I. The minimum absolute atomic E-state index is 0. The molecule has 4 nitrogen and oxygen atoms in total. The van der Waals surface area contributed by atoms with Crippen molar-refractivity contribution in [1.82, 2.24) is 10.2 Å². The Bertz CT molecular complexity index is 452. The Morgan fingerprint density at radius 2 is 1.91 bits per heavy atom. The summed E-state index contributed by atoms with van der Waals surface area (Å²) >= 11 is 0. The Balaban J connectivity index is 0.00000242. The first-order valence-corrected chi connectivity index (χ1v) is 8.05. The van der Waals surface area contributed by atoms with E-state index in [-0.39, 0.29) is 24.0 Å². The molecule has 0 amide bonds. The van der Waals surface area contributed by atoms with Crippen LogP contribution in [0.1, 0.15) is 43.4 Å². The zero-order chi connectivity index (χ0) is 15.1. The Hall–Kier alpha value is -0.820. The molecule has 1 saturated heterocycles. The molecule has 0 bridgehead atoms. The lowest BCUT2D eigenvalue weighted by Crippen LogP contribution is -2.34. The zero-order valence-electron chi connectivity index (χ0n) is 13.7. The number of nitrogens with one attached hydrogen (secondary N) is 1. The van der Waals surface area contributed by atoms with E-state index in [0.717, 1.165) is 32.6 Å². The van der Waals surface area contributed by atoms with Gasteiger partial charge < -0.3 is 11.1 Å². The number of benzene rings is 1. The molecule has 1 heterocycles. The van der Waals surface area contributed by atoms with Crippen LogP contribution in [0.5, 0.6) is 0 Å². The van der Waals surface area contributed by atoms with Crippen molar-refractivity contribution in [3.8, 4) is 0 Å². The Kier molecular flexibility index (Phi) is 8.78. The molecule has 5 heteroatoms. The molecule has 1 atom stereocenters. The summed E-state index contributed by atoms with van der Waals surface area (Å²) in [7, 11) is 0. The van der Waals surface area contributed by atoms with Crippen molar-refractivity contribution in [2.75, 3.05) is 26.2 Å². The fraction of sp³-hybridized carbons (Fsp3) is 0.588. The first-order valence-electron chi connectivity index (χ1n) is 8.05. The van der Waals surface area contributed by atoms with Gasteiger partial charge in [0.25, 0.3) is 0 Å². The zero-order valence-corrected chi connectivity index (χ0v) is 16.0. The standard InChI is InChI=1S/C17H28N4.HI/c1-3-10-19-17(18)20-13-16(21-11-4-5-12-21)15-8-6-14(2)7-9-15;/h6-9,16H,3-5,10-13H2,1-2H3,(H3,18,19,20);1H. The maximum absolute atomic E-state index is 5.93. The molecule has 124 valence electrons.